The predicted molar refractivity (Wildman–Crippen MR) is 147 cm³/mol. The Morgan fingerprint density at radius 2 is 1.66 bits per heavy atom. The molecule has 0 spiro atoms. The molecule has 0 radical (unpaired) electrons. The Morgan fingerprint density at radius 3 is 2.24 bits per heavy atom. The van der Waals surface area contributed by atoms with Crippen molar-refractivity contribution in [2.75, 3.05) is 19.5 Å². The van der Waals surface area contributed by atoms with Gasteiger partial charge in [0.25, 0.3) is 15.7 Å². The molecular weight excluding hydrogens is 556 g/mol. The summed E-state index contributed by atoms with van der Waals surface area (Å²) >= 11 is 0. The van der Waals surface area contributed by atoms with E-state index in [-0.39, 0.29) is 31.8 Å². The SMILES string of the molecule is Cc1cn([C@@H]2O[C@H](COCc3ccccc3)[C@@](CC(O)CO)(OCc3ccccc3)[C@H]2OS(C)(=O)=O)c(=O)[nH]c1=O. The fourth-order valence-corrected chi connectivity index (χ4v) is 5.46. The molecule has 1 fully saturated rings. The molecule has 1 aliphatic rings. The Bertz CT molecular complexity index is 1510. The monoisotopic (exact) mass is 590 g/mol. The van der Waals surface area contributed by atoms with Crippen LogP contribution in [0.3, 0.4) is 0 Å². The molecule has 1 aromatic heterocycles. The van der Waals surface area contributed by atoms with Crippen molar-refractivity contribution in [3.05, 3.63) is 104 Å². The number of benzene rings is 2. The summed E-state index contributed by atoms with van der Waals surface area (Å²) in [5.74, 6) is 0. The first-order valence-electron chi connectivity index (χ1n) is 13.0. The van der Waals surface area contributed by atoms with Crippen LogP contribution in [0.4, 0.5) is 0 Å². The van der Waals surface area contributed by atoms with Gasteiger partial charge in [0.05, 0.1) is 38.8 Å². The lowest BCUT2D eigenvalue weighted by Crippen LogP contribution is -2.55. The molecule has 0 saturated carbocycles. The van der Waals surface area contributed by atoms with E-state index in [9.17, 15) is 28.2 Å². The second-order valence-electron chi connectivity index (χ2n) is 9.99. The quantitative estimate of drug-likeness (QED) is 0.245. The van der Waals surface area contributed by atoms with E-state index >= 15 is 0 Å². The van der Waals surface area contributed by atoms with E-state index in [0.717, 1.165) is 21.9 Å². The first-order chi connectivity index (χ1) is 19.5. The zero-order chi connectivity index (χ0) is 29.6. The number of aliphatic hydroxyl groups is 2. The molecule has 4 rings (SSSR count). The van der Waals surface area contributed by atoms with Crippen LogP contribution in [0, 0.1) is 6.92 Å². The largest absolute Gasteiger partial charge is 0.394 e. The Hall–Kier alpha value is -3.17. The maximum absolute atomic E-state index is 12.9. The topological polar surface area (TPSA) is 166 Å². The lowest BCUT2D eigenvalue weighted by atomic mass is 9.85. The van der Waals surface area contributed by atoms with Crippen molar-refractivity contribution in [1.29, 1.82) is 0 Å². The van der Waals surface area contributed by atoms with Gasteiger partial charge in [0.1, 0.15) is 11.7 Å². The third-order valence-electron chi connectivity index (χ3n) is 6.78. The number of hydrogen-bond donors (Lipinski definition) is 3. The molecule has 0 bridgehead atoms. The van der Waals surface area contributed by atoms with Gasteiger partial charge in [0.15, 0.2) is 12.3 Å². The molecule has 12 nitrogen and oxygen atoms in total. The number of rotatable bonds is 13. The van der Waals surface area contributed by atoms with Crippen LogP contribution < -0.4 is 11.2 Å². The summed E-state index contributed by atoms with van der Waals surface area (Å²) in [6.45, 7) is 0.789. The standard InChI is InChI=1S/C28H34N2O10S/c1-19-14-30(27(34)29-25(19)33)26-24(40-41(2,35)36)28(13-22(32)15-31,38-17-21-11-7-4-8-12-21)23(39-26)18-37-16-20-9-5-3-6-10-20/h3-12,14,22-24,26,31-32H,13,15-18H2,1-2H3,(H,29,33,34)/t22?,23-,24+,26-,28-/m1/s1. The Kier molecular flexibility index (Phi) is 9.92. The molecule has 3 N–H and O–H groups in total. The molecular formula is C28H34N2O10S. The highest BCUT2D eigenvalue weighted by Gasteiger charge is 2.61. The van der Waals surface area contributed by atoms with Crippen molar-refractivity contribution < 1.29 is 37.0 Å². The summed E-state index contributed by atoms with van der Waals surface area (Å²) in [6.07, 6.45) is -3.66. The molecule has 2 heterocycles. The third-order valence-corrected chi connectivity index (χ3v) is 7.34. The van der Waals surface area contributed by atoms with Crippen LogP contribution in [-0.4, -0.2) is 71.6 Å². The second kappa shape index (κ2) is 13.2. The number of nitrogens with zero attached hydrogens (tertiary/aromatic N) is 1. The zero-order valence-corrected chi connectivity index (χ0v) is 23.5. The summed E-state index contributed by atoms with van der Waals surface area (Å²) in [5, 5.41) is 20.4. The normalized spacial score (nSPS) is 23.5. The average Bonchev–Trinajstić information content (AvgIpc) is 3.21. The van der Waals surface area contributed by atoms with E-state index in [1.807, 2.05) is 36.4 Å². The summed E-state index contributed by atoms with van der Waals surface area (Å²) in [5.41, 5.74) is -1.46. The fourth-order valence-electron chi connectivity index (χ4n) is 4.83. The van der Waals surface area contributed by atoms with Gasteiger partial charge in [-0.3, -0.25) is 18.5 Å². The summed E-state index contributed by atoms with van der Waals surface area (Å²) in [7, 11) is -4.20. The van der Waals surface area contributed by atoms with Crippen LogP contribution in [0.1, 0.15) is 29.3 Å². The van der Waals surface area contributed by atoms with Gasteiger partial charge in [-0.25, -0.2) is 4.79 Å². The van der Waals surface area contributed by atoms with E-state index < -0.39 is 58.1 Å². The predicted octanol–water partition coefficient (Wildman–Crippen LogP) is 1.00. The first-order valence-corrected chi connectivity index (χ1v) is 14.8. The molecule has 41 heavy (non-hydrogen) atoms. The van der Waals surface area contributed by atoms with E-state index in [1.54, 1.807) is 24.3 Å². The van der Waals surface area contributed by atoms with E-state index in [2.05, 4.69) is 4.98 Å². The number of aromatic amines is 1. The lowest BCUT2D eigenvalue weighted by Gasteiger charge is -2.39. The van der Waals surface area contributed by atoms with Crippen LogP contribution in [0.5, 0.6) is 0 Å². The summed E-state index contributed by atoms with van der Waals surface area (Å²) in [4.78, 5) is 27.2. The van der Waals surface area contributed by atoms with Crippen molar-refractivity contribution in [3.63, 3.8) is 0 Å². The van der Waals surface area contributed by atoms with Crippen LogP contribution in [0.25, 0.3) is 0 Å². The smallest absolute Gasteiger partial charge is 0.330 e. The van der Waals surface area contributed by atoms with Crippen LogP contribution in [-0.2, 0) is 41.7 Å². The van der Waals surface area contributed by atoms with Crippen molar-refractivity contribution >= 4 is 10.1 Å². The minimum atomic E-state index is -4.20. The molecule has 222 valence electrons. The van der Waals surface area contributed by atoms with Gasteiger partial charge in [0.2, 0.25) is 0 Å². The minimum absolute atomic E-state index is 0.0482. The fraction of sp³-hybridized carbons (Fsp3) is 0.429. The van der Waals surface area contributed by atoms with Crippen LogP contribution in [0.2, 0.25) is 0 Å². The van der Waals surface area contributed by atoms with Gasteiger partial charge in [-0.15, -0.1) is 0 Å². The zero-order valence-electron chi connectivity index (χ0n) is 22.7. The Balaban J connectivity index is 1.81. The second-order valence-corrected chi connectivity index (χ2v) is 11.6. The Morgan fingerprint density at radius 1 is 1.05 bits per heavy atom. The summed E-state index contributed by atoms with van der Waals surface area (Å²) in [6, 6.07) is 18.3. The molecule has 0 aliphatic carbocycles. The van der Waals surface area contributed by atoms with E-state index in [0.29, 0.717) is 0 Å². The first kappa shape index (κ1) is 30.8. The van der Waals surface area contributed by atoms with Crippen molar-refractivity contribution in [2.24, 2.45) is 0 Å². The Labute approximate surface area is 237 Å². The van der Waals surface area contributed by atoms with Crippen molar-refractivity contribution in [3.8, 4) is 0 Å². The molecule has 1 aliphatic heterocycles. The number of H-pyrrole nitrogens is 1. The van der Waals surface area contributed by atoms with Crippen molar-refractivity contribution in [2.45, 2.75) is 56.7 Å². The third kappa shape index (κ3) is 7.57. The lowest BCUT2D eigenvalue weighted by molar-refractivity contribution is -0.165. The van der Waals surface area contributed by atoms with E-state index in [4.69, 9.17) is 18.4 Å². The number of aryl methyl sites for hydroxylation is 1. The minimum Gasteiger partial charge on any atom is -0.394 e. The van der Waals surface area contributed by atoms with Gasteiger partial charge >= 0.3 is 5.69 Å². The average molecular weight is 591 g/mol. The highest BCUT2D eigenvalue weighted by atomic mass is 32.2. The molecule has 13 heteroatoms. The molecule has 3 aromatic rings. The number of ether oxygens (including phenoxy) is 3. The highest BCUT2D eigenvalue weighted by molar-refractivity contribution is 7.86. The van der Waals surface area contributed by atoms with Crippen LogP contribution >= 0.6 is 0 Å². The molecule has 2 aromatic carbocycles. The maximum atomic E-state index is 12.9. The van der Waals surface area contributed by atoms with Gasteiger partial charge in [-0.1, -0.05) is 60.7 Å². The summed E-state index contributed by atoms with van der Waals surface area (Å²) < 4.78 is 50.4. The maximum Gasteiger partial charge on any atom is 0.330 e. The van der Waals surface area contributed by atoms with Gasteiger partial charge < -0.3 is 24.4 Å². The number of hydrogen-bond acceptors (Lipinski definition) is 10. The van der Waals surface area contributed by atoms with E-state index in [1.165, 1.54) is 13.1 Å². The van der Waals surface area contributed by atoms with Gasteiger partial charge in [-0.05, 0) is 18.1 Å². The molecule has 5 atom stereocenters. The van der Waals surface area contributed by atoms with Crippen molar-refractivity contribution in [1.82, 2.24) is 9.55 Å². The molecule has 0 amide bonds. The highest BCUT2D eigenvalue weighted by Crippen LogP contribution is 2.45. The molecule has 1 unspecified atom stereocenters. The van der Waals surface area contributed by atoms with Gasteiger partial charge in [-0.2, -0.15) is 8.42 Å². The number of aliphatic hydroxyl groups excluding tert-OH is 2. The number of aromatic nitrogens is 2. The van der Waals surface area contributed by atoms with Crippen LogP contribution in [0.15, 0.2) is 76.4 Å². The van der Waals surface area contributed by atoms with Gasteiger partial charge in [0, 0.05) is 18.2 Å². The molecule has 1 saturated heterocycles. The number of nitrogens with one attached hydrogen (secondary N) is 1.